The Kier molecular flexibility index (Phi) is 5.68. The molecule has 0 aliphatic carbocycles. The zero-order chi connectivity index (χ0) is 22.9. The summed E-state index contributed by atoms with van der Waals surface area (Å²) in [6.07, 6.45) is 1.46. The molecule has 10 heteroatoms. The van der Waals surface area contributed by atoms with Crippen LogP contribution in [0.1, 0.15) is 20.3 Å². The van der Waals surface area contributed by atoms with Crippen molar-refractivity contribution in [3.8, 4) is 5.75 Å². The van der Waals surface area contributed by atoms with E-state index in [2.05, 4.69) is 4.98 Å². The van der Waals surface area contributed by atoms with Crippen LogP contribution >= 0.6 is 0 Å². The number of amides is 2. The predicted octanol–water partition coefficient (Wildman–Crippen LogP) is 2.23. The van der Waals surface area contributed by atoms with Crippen molar-refractivity contribution in [3.05, 3.63) is 52.7 Å². The summed E-state index contributed by atoms with van der Waals surface area (Å²) in [5.41, 5.74) is -0.357. The summed E-state index contributed by atoms with van der Waals surface area (Å²) in [4.78, 5) is 45.6. The van der Waals surface area contributed by atoms with Crippen molar-refractivity contribution < 1.29 is 19.2 Å². The first kappa shape index (κ1) is 21.5. The highest BCUT2D eigenvalue weighted by Crippen LogP contribution is 2.37. The van der Waals surface area contributed by atoms with E-state index in [9.17, 15) is 19.7 Å². The quantitative estimate of drug-likeness (QED) is 0.519. The van der Waals surface area contributed by atoms with E-state index in [4.69, 9.17) is 4.74 Å². The fraction of sp³-hybridized carbons (Fsp3) is 0.409. The average Bonchev–Trinajstić information content (AvgIpc) is 2.79. The van der Waals surface area contributed by atoms with E-state index >= 15 is 0 Å². The monoisotopic (exact) mass is 439 g/mol. The number of aromatic nitrogens is 1. The number of fused-ring (bicyclic) bond motifs is 1. The molecule has 0 spiro atoms. The van der Waals surface area contributed by atoms with Gasteiger partial charge in [-0.1, -0.05) is 12.1 Å². The number of nitrogens with zero attached hydrogens (tertiary/aromatic N) is 5. The Balaban J connectivity index is 1.34. The fourth-order valence-corrected chi connectivity index (χ4v) is 3.97. The molecule has 1 aromatic heterocycles. The lowest BCUT2D eigenvalue weighted by Gasteiger charge is -2.39. The number of pyridine rings is 1. The van der Waals surface area contributed by atoms with E-state index in [0.717, 1.165) is 0 Å². The summed E-state index contributed by atoms with van der Waals surface area (Å²) in [6, 6.07) is 10.4. The smallest absolute Gasteiger partial charge is 0.287 e. The van der Waals surface area contributed by atoms with E-state index in [1.54, 1.807) is 29.7 Å². The minimum absolute atomic E-state index is 0.0177. The first-order valence-corrected chi connectivity index (χ1v) is 10.5. The molecule has 0 radical (unpaired) electrons. The maximum absolute atomic E-state index is 12.9. The third kappa shape index (κ3) is 4.20. The van der Waals surface area contributed by atoms with E-state index in [1.165, 1.54) is 12.3 Å². The maximum atomic E-state index is 12.9. The number of para-hydroxylation sites is 2. The Morgan fingerprint density at radius 3 is 2.53 bits per heavy atom. The van der Waals surface area contributed by atoms with Crippen molar-refractivity contribution in [2.75, 3.05) is 42.5 Å². The highest BCUT2D eigenvalue weighted by molar-refractivity contribution is 6.02. The van der Waals surface area contributed by atoms with Crippen LogP contribution in [0.15, 0.2) is 42.6 Å². The molecule has 0 unspecified atom stereocenters. The number of ether oxygens (including phenoxy) is 1. The van der Waals surface area contributed by atoms with Gasteiger partial charge in [-0.15, -0.1) is 0 Å². The first-order valence-electron chi connectivity index (χ1n) is 10.5. The molecule has 1 fully saturated rings. The molecular formula is C22H25N5O5. The van der Waals surface area contributed by atoms with Crippen LogP contribution in [0, 0.1) is 10.1 Å². The van der Waals surface area contributed by atoms with Crippen molar-refractivity contribution in [1.29, 1.82) is 0 Å². The summed E-state index contributed by atoms with van der Waals surface area (Å²) >= 11 is 0. The highest BCUT2D eigenvalue weighted by atomic mass is 16.6. The Morgan fingerprint density at radius 2 is 1.88 bits per heavy atom. The highest BCUT2D eigenvalue weighted by Gasteiger charge is 2.40. The van der Waals surface area contributed by atoms with Gasteiger partial charge in [0, 0.05) is 45.2 Å². The van der Waals surface area contributed by atoms with Gasteiger partial charge in [-0.05, 0) is 32.0 Å². The number of carbonyl (C=O) groups is 2. The third-order valence-corrected chi connectivity index (χ3v) is 5.73. The fourth-order valence-electron chi connectivity index (χ4n) is 3.97. The van der Waals surface area contributed by atoms with Crippen LogP contribution in [0.4, 0.5) is 17.2 Å². The van der Waals surface area contributed by atoms with Gasteiger partial charge in [0.2, 0.25) is 5.91 Å². The molecule has 0 bridgehead atoms. The number of nitro groups is 1. The molecule has 2 aliphatic rings. The number of carbonyl (C=O) groups excluding carboxylic acids is 2. The Labute approximate surface area is 185 Å². The normalized spacial score (nSPS) is 17.6. The minimum atomic E-state index is -0.985. The van der Waals surface area contributed by atoms with Gasteiger partial charge in [-0.3, -0.25) is 19.7 Å². The van der Waals surface area contributed by atoms with Crippen molar-refractivity contribution in [2.45, 2.75) is 25.9 Å². The molecule has 0 saturated carbocycles. The van der Waals surface area contributed by atoms with Gasteiger partial charge in [0.1, 0.15) is 17.8 Å². The van der Waals surface area contributed by atoms with Gasteiger partial charge >= 0.3 is 0 Å². The van der Waals surface area contributed by atoms with Crippen LogP contribution in [0.5, 0.6) is 5.75 Å². The van der Waals surface area contributed by atoms with E-state index in [1.807, 2.05) is 29.2 Å². The van der Waals surface area contributed by atoms with Crippen LogP contribution in [0.2, 0.25) is 0 Å². The van der Waals surface area contributed by atoms with E-state index in [0.29, 0.717) is 43.4 Å². The summed E-state index contributed by atoms with van der Waals surface area (Å²) in [5, 5.41) is 10.8. The van der Waals surface area contributed by atoms with Crippen LogP contribution in [0.3, 0.4) is 0 Å². The molecule has 1 saturated heterocycles. The summed E-state index contributed by atoms with van der Waals surface area (Å²) < 4.78 is 5.82. The standard InChI is InChI=1S/C22H25N5O5/c1-22(2)21(29)26(17-5-3-4-6-18(17)32-22)10-9-20(28)25-13-11-24(12-14-25)19-8-7-16(15-23-19)27(30)31/h3-8,15H,9-14H2,1-2H3. The molecule has 1 aromatic carbocycles. The molecule has 2 amide bonds. The number of anilines is 2. The Bertz CT molecular complexity index is 1030. The number of benzene rings is 1. The number of hydrogen-bond donors (Lipinski definition) is 0. The molecule has 32 heavy (non-hydrogen) atoms. The summed E-state index contributed by atoms with van der Waals surface area (Å²) in [6.45, 7) is 5.96. The van der Waals surface area contributed by atoms with Crippen LogP contribution in [0.25, 0.3) is 0 Å². The largest absolute Gasteiger partial charge is 0.476 e. The molecule has 2 aliphatic heterocycles. The van der Waals surface area contributed by atoms with E-state index in [-0.39, 0.29) is 30.5 Å². The Hall–Kier alpha value is -3.69. The molecule has 4 rings (SSSR count). The summed E-state index contributed by atoms with van der Waals surface area (Å²) in [5.74, 6) is 1.10. The lowest BCUT2D eigenvalue weighted by atomic mass is 10.0. The predicted molar refractivity (Wildman–Crippen MR) is 118 cm³/mol. The first-order chi connectivity index (χ1) is 15.3. The number of rotatable bonds is 5. The van der Waals surface area contributed by atoms with Crippen LogP contribution in [-0.4, -0.2) is 64.9 Å². The van der Waals surface area contributed by atoms with Crippen LogP contribution in [-0.2, 0) is 9.59 Å². The maximum Gasteiger partial charge on any atom is 0.287 e. The van der Waals surface area contributed by atoms with Gasteiger partial charge in [0.05, 0.1) is 10.6 Å². The number of piperazine rings is 1. The lowest BCUT2D eigenvalue weighted by Crippen LogP contribution is -2.54. The SMILES string of the molecule is CC1(C)Oc2ccccc2N(CCC(=O)N2CCN(c3ccc([N+](=O)[O-])cn3)CC2)C1=O. The van der Waals surface area contributed by atoms with Gasteiger partial charge in [0.25, 0.3) is 11.6 Å². The van der Waals surface area contributed by atoms with Gasteiger partial charge in [0.15, 0.2) is 5.60 Å². The second-order valence-electron chi connectivity index (χ2n) is 8.29. The van der Waals surface area contributed by atoms with Gasteiger partial charge in [-0.2, -0.15) is 0 Å². The molecule has 3 heterocycles. The molecule has 168 valence electrons. The molecule has 2 aromatic rings. The van der Waals surface area contributed by atoms with Gasteiger partial charge < -0.3 is 19.4 Å². The molecule has 10 nitrogen and oxygen atoms in total. The zero-order valence-electron chi connectivity index (χ0n) is 18.1. The second kappa shape index (κ2) is 8.45. The number of hydrogen-bond acceptors (Lipinski definition) is 7. The van der Waals surface area contributed by atoms with Crippen molar-refractivity contribution in [2.24, 2.45) is 0 Å². The van der Waals surface area contributed by atoms with Crippen molar-refractivity contribution >= 4 is 29.0 Å². The zero-order valence-corrected chi connectivity index (χ0v) is 18.1. The topological polar surface area (TPSA) is 109 Å². The third-order valence-electron chi connectivity index (χ3n) is 5.73. The minimum Gasteiger partial charge on any atom is -0.476 e. The molecule has 0 atom stereocenters. The summed E-state index contributed by atoms with van der Waals surface area (Å²) in [7, 11) is 0. The van der Waals surface area contributed by atoms with Gasteiger partial charge in [-0.25, -0.2) is 4.98 Å². The Morgan fingerprint density at radius 1 is 1.16 bits per heavy atom. The van der Waals surface area contributed by atoms with Crippen molar-refractivity contribution in [1.82, 2.24) is 9.88 Å². The van der Waals surface area contributed by atoms with E-state index < -0.39 is 10.5 Å². The second-order valence-corrected chi connectivity index (χ2v) is 8.29. The lowest BCUT2D eigenvalue weighted by molar-refractivity contribution is -0.385. The van der Waals surface area contributed by atoms with Crippen molar-refractivity contribution in [3.63, 3.8) is 0 Å². The van der Waals surface area contributed by atoms with Crippen LogP contribution < -0.4 is 14.5 Å². The average molecular weight is 439 g/mol. The molecule has 0 N–H and O–H groups in total. The molecular weight excluding hydrogens is 414 g/mol.